The molecule has 25 heavy (non-hydrogen) atoms. The Bertz CT molecular complexity index is 715. The number of hydrogen-bond acceptors (Lipinski definition) is 3. The van der Waals surface area contributed by atoms with Crippen LogP contribution in [0.5, 0.6) is 0 Å². The first kappa shape index (κ1) is 17.7. The summed E-state index contributed by atoms with van der Waals surface area (Å²) in [5.41, 5.74) is 3.02. The third-order valence-electron chi connectivity index (χ3n) is 4.51. The summed E-state index contributed by atoms with van der Waals surface area (Å²) in [6, 6.07) is 9.60. The topological polar surface area (TPSA) is 57.3 Å². The van der Waals surface area contributed by atoms with E-state index in [0.29, 0.717) is 5.02 Å². The first-order chi connectivity index (χ1) is 12.1. The molecular weight excluding hydrogens is 336 g/mol. The fraction of sp³-hybridized carbons (Fsp3) is 0.368. The molecule has 2 N–H and O–H groups in total. The number of likely N-dealkylation sites (tertiary alicyclic amines) is 1. The standard InChI is InChI=1S/C19H23ClN4O/c1-14-12-16(20)2-3-18(14)23-19(25)22-17-6-10-24(11-7-17)13-15-4-8-21-9-5-15/h2-5,8-9,12,17H,6-7,10-11,13H2,1H3,(H2,22,23,25). The molecule has 2 amide bonds. The maximum Gasteiger partial charge on any atom is 0.319 e. The summed E-state index contributed by atoms with van der Waals surface area (Å²) in [6.45, 7) is 4.82. The number of halogens is 1. The van der Waals surface area contributed by atoms with Crippen LogP contribution in [0.1, 0.15) is 24.0 Å². The monoisotopic (exact) mass is 358 g/mol. The number of piperidine rings is 1. The fourth-order valence-electron chi connectivity index (χ4n) is 3.09. The Labute approximate surface area is 153 Å². The summed E-state index contributed by atoms with van der Waals surface area (Å²) in [4.78, 5) is 18.7. The molecule has 3 rings (SSSR count). The van der Waals surface area contributed by atoms with E-state index >= 15 is 0 Å². The molecule has 1 saturated heterocycles. The van der Waals surface area contributed by atoms with Crippen LogP contribution in [0.2, 0.25) is 5.02 Å². The maximum absolute atomic E-state index is 12.2. The first-order valence-corrected chi connectivity index (χ1v) is 8.93. The van der Waals surface area contributed by atoms with Gasteiger partial charge in [0, 0.05) is 48.8 Å². The number of urea groups is 1. The van der Waals surface area contributed by atoms with Crippen molar-refractivity contribution in [1.29, 1.82) is 0 Å². The predicted molar refractivity (Wildman–Crippen MR) is 101 cm³/mol. The molecule has 0 spiro atoms. The van der Waals surface area contributed by atoms with E-state index in [2.05, 4.69) is 20.5 Å². The van der Waals surface area contributed by atoms with E-state index in [-0.39, 0.29) is 12.1 Å². The number of carbonyl (C=O) groups excluding carboxylic acids is 1. The molecule has 0 radical (unpaired) electrons. The third kappa shape index (κ3) is 5.18. The van der Waals surface area contributed by atoms with E-state index in [1.807, 2.05) is 43.6 Å². The van der Waals surface area contributed by atoms with Crippen molar-refractivity contribution in [3.05, 3.63) is 58.9 Å². The lowest BCUT2D eigenvalue weighted by Gasteiger charge is -2.32. The lowest BCUT2D eigenvalue weighted by atomic mass is 10.0. The number of nitrogens with one attached hydrogen (secondary N) is 2. The molecule has 1 aliphatic heterocycles. The highest BCUT2D eigenvalue weighted by Crippen LogP contribution is 2.20. The molecule has 0 atom stereocenters. The van der Waals surface area contributed by atoms with Crippen molar-refractivity contribution in [3.63, 3.8) is 0 Å². The van der Waals surface area contributed by atoms with Crippen molar-refractivity contribution < 1.29 is 4.79 Å². The van der Waals surface area contributed by atoms with Crippen molar-refractivity contribution in [2.24, 2.45) is 0 Å². The number of amides is 2. The fourth-order valence-corrected chi connectivity index (χ4v) is 3.32. The van der Waals surface area contributed by atoms with Crippen LogP contribution < -0.4 is 10.6 Å². The van der Waals surface area contributed by atoms with Gasteiger partial charge in [-0.2, -0.15) is 0 Å². The van der Waals surface area contributed by atoms with Gasteiger partial charge in [0.2, 0.25) is 0 Å². The summed E-state index contributed by atoms with van der Waals surface area (Å²) in [6.07, 6.45) is 5.57. The number of aromatic nitrogens is 1. The first-order valence-electron chi connectivity index (χ1n) is 8.55. The van der Waals surface area contributed by atoms with E-state index in [1.54, 1.807) is 6.07 Å². The molecule has 1 aliphatic rings. The Morgan fingerprint density at radius 3 is 2.64 bits per heavy atom. The van der Waals surface area contributed by atoms with Crippen molar-refractivity contribution >= 4 is 23.3 Å². The molecule has 2 heterocycles. The lowest BCUT2D eigenvalue weighted by molar-refractivity contribution is 0.190. The van der Waals surface area contributed by atoms with Crippen molar-refractivity contribution in [2.45, 2.75) is 32.4 Å². The minimum Gasteiger partial charge on any atom is -0.335 e. The zero-order chi connectivity index (χ0) is 17.6. The van der Waals surface area contributed by atoms with Crippen LogP contribution in [0.25, 0.3) is 0 Å². The number of carbonyl (C=O) groups is 1. The lowest BCUT2D eigenvalue weighted by Crippen LogP contribution is -2.45. The van der Waals surface area contributed by atoms with E-state index in [9.17, 15) is 4.79 Å². The Morgan fingerprint density at radius 2 is 1.96 bits per heavy atom. The Morgan fingerprint density at radius 1 is 1.24 bits per heavy atom. The van der Waals surface area contributed by atoms with Gasteiger partial charge in [0.05, 0.1) is 0 Å². The zero-order valence-corrected chi connectivity index (χ0v) is 15.1. The highest BCUT2D eigenvalue weighted by molar-refractivity contribution is 6.30. The van der Waals surface area contributed by atoms with Gasteiger partial charge in [-0.1, -0.05) is 11.6 Å². The second-order valence-electron chi connectivity index (χ2n) is 6.46. The van der Waals surface area contributed by atoms with Gasteiger partial charge in [0.15, 0.2) is 0 Å². The van der Waals surface area contributed by atoms with Crippen LogP contribution in [0, 0.1) is 6.92 Å². The number of pyridine rings is 1. The molecule has 0 saturated carbocycles. The zero-order valence-electron chi connectivity index (χ0n) is 14.3. The average Bonchev–Trinajstić information content (AvgIpc) is 2.60. The largest absolute Gasteiger partial charge is 0.335 e. The van der Waals surface area contributed by atoms with Gasteiger partial charge < -0.3 is 10.6 Å². The van der Waals surface area contributed by atoms with Crippen molar-refractivity contribution in [2.75, 3.05) is 18.4 Å². The average molecular weight is 359 g/mol. The summed E-state index contributed by atoms with van der Waals surface area (Å²) in [7, 11) is 0. The van der Waals surface area contributed by atoms with Crippen LogP contribution in [0.15, 0.2) is 42.7 Å². The van der Waals surface area contributed by atoms with Crippen molar-refractivity contribution in [3.8, 4) is 0 Å². The molecule has 1 fully saturated rings. The quantitative estimate of drug-likeness (QED) is 0.873. The van der Waals surface area contributed by atoms with E-state index in [1.165, 1.54) is 5.56 Å². The molecule has 6 heteroatoms. The number of aryl methyl sites for hydroxylation is 1. The van der Waals surface area contributed by atoms with Gasteiger partial charge in [-0.25, -0.2) is 4.79 Å². The highest BCUT2D eigenvalue weighted by Gasteiger charge is 2.20. The van der Waals surface area contributed by atoms with Gasteiger partial charge in [-0.05, 0) is 61.2 Å². The van der Waals surface area contributed by atoms with Gasteiger partial charge in [0.25, 0.3) is 0 Å². The van der Waals surface area contributed by atoms with Crippen LogP contribution >= 0.6 is 11.6 Å². The molecular formula is C19H23ClN4O. The predicted octanol–water partition coefficient (Wildman–Crippen LogP) is 3.83. The summed E-state index contributed by atoms with van der Waals surface area (Å²) in [5, 5.41) is 6.65. The number of hydrogen-bond donors (Lipinski definition) is 2. The number of benzene rings is 1. The second kappa shape index (κ2) is 8.32. The minimum absolute atomic E-state index is 0.155. The summed E-state index contributed by atoms with van der Waals surface area (Å²) >= 11 is 5.94. The normalized spacial score (nSPS) is 15.8. The Kier molecular flexibility index (Phi) is 5.89. The highest BCUT2D eigenvalue weighted by atomic mass is 35.5. The minimum atomic E-state index is -0.155. The second-order valence-corrected chi connectivity index (χ2v) is 6.90. The van der Waals surface area contributed by atoms with Crippen LogP contribution in [0.4, 0.5) is 10.5 Å². The Balaban J connectivity index is 1.44. The maximum atomic E-state index is 12.2. The van der Waals surface area contributed by atoms with Crippen LogP contribution in [0.3, 0.4) is 0 Å². The SMILES string of the molecule is Cc1cc(Cl)ccc1NC(=O)NC1CCN(Cc2ccncc2)CC1. The Hall–Kier alpha value is -2.11. The van der Waals surface area contributed by atoms with E-state index in [0.717, 1.165) is 43.7 Å². The summed E-state index contributed by atoms with van der Waals surface area (Å²) < 4.78 is 0. The molecule has 0 bridgehead atoms. The molecule has 1 aromatic heterocycles. The number of nitrogens with zero attached hydrogens (tertiary/aromatic N) is 2. The molecule has 0 unspecified atom stereocenters. The molecule has 5 nitrogen and oxygen atoms in total. The van der Waals surface area contributed by atoms with Crippen LogP contribution in [-0.4, -0.2) is 35.0 Å². The smallest absolute Gasteiger partial charge is 0.319 e. The number of rotatable bonds is 4. The summed E-state index contributed by atoms with van der Waals surface area (Å²) in [5.74, 6) is 0. The van der Waals surface area contributed by atoms with E-state index < -0.39 is 0 Å². The van der Waals surface area contributed by atoms with Gasteiger partial charge in [-0.3, -0.25) is 9.88 Å². The van der Waals surface area contributed by atoms with Crippen molar-refractivity contribution in [1.82, 2.24) is 15.2 Å². The van der Waals surface area contributed by atoms with Gasteiger partial charge >= 0.3 is 6.03 Å². The van der Waals surface area contributed by atoms with Gasteiger partial charge in [-0.15, -0.1) is 0 Å². The van der Waals surface area contributed by atoms with E-state index in [4.69, 9.17) is 11.6 Å². The van der Waals surface area contributed by atoms with Crippen LogP contribution in [-0.2, 0) is 6.54 Å². The third-order valence-corrected chi connectivity index (χ3v) is 4.75. The molecule has 132 valence electrons. The molecule has 0 aliphatic carbocycles. The molecule has 1 aromatic carbocycles. The number of anilines is 1. The molecule has 2 aromatic rings. The van der Waals surface area contributed by atoms with Gasteiger partial charge in [0.1, 0.15) is 0 Å².